The minimum atomic E-state index is -0.0489. The average molecular weight is 402 g/mol. The van der Waals surface area contributed by atoms with Crippen molar-refractivity contribution in [3.05, 3.63) is 72.6 Å². The number of nitrogens with one attached hydrogen (secondary N) is 1. The van der Waals surface area contributed by atoms with E-state index >= 15 is 0 Å². The molecule has 30 heavy (non-hydrogen) atoms. The number of carbonyl (C=O) groups excluding carboxylic acids is 1. The molecule has 1 aliphatic heterocycles. The second kappa shape index (κ2) is 9.39. The molecule has 6 nitrogen and oxygen atoms in total. The molecule has 0 spiro atoms. The van der Waals surface area contributed by atoms with Crippen molar-refractivity contribution in [2.24, 2.45) is 5.92 Å². The van der Waals surface area contributed by atoms with Crippen molar-refractivity contribution in [1.29, 1.82) is 0 Å². The van der Waals surface area contributed by atoms with Gasteiger partial charge in [-0.25, -0.2) is 9.97 Å². The van der Waals surface area contributed by atoms with Crippen molar-refractivity contribution in [2.45, 2.75) is 19.4 Å². The van der Waals surface area contributed by atoms with Gasteiger partial charge in [-0.2, -0.15) is 0 Å². The van der Waals surface area contributed by atoms with Crippen molar-refractivity contribution in [2.75, 3.05) is 25.1 Å². The number of carbonyl (C=O) groups is 1. The highest BCUT2D eigenvalue weighted by Gasteiger charge is 2.26. The molecule has 1 saturated heterocycles. The van der Waals surface area contributed by atoms with Crippen LogP contribution < -0.4 is 15.0 Å². The molecule has 1 amide bonds. The predicted molar refractivity (Wildman–Crippen MR) is 117 cm³/mol. The van der Waals surface area contributed by atoms with Gasteiger partial charge in [0.1, 0.15) is 17.9 Å². The number of amides is 1. The van der Waals surface area contributed by atoms with Crippen LogP contribution in [0.25, 0.3) is 11.3 Å². The van der Waals surface area contributed by atoms with Crippen LogP contribution in [-0.4, -0.2) is 36.1 Å². The molecule has 0 radical (unpaired) electrons. The van der Waals surface area contributed by atoms with Gasteiger partial charge in [0.25, 0.3) is 0 Å². The number of rotatable bonds is 6. The van der Waals surface area contributed by atoms with Crippen molar-refractivity contribution in [3.63, 3.8) is 0 Å². The normalized spacial score (nSPS) is 16.2. The molecule has 3 aromatic rings. The zero-order valence-electron chi connectivity index (χ0n) is 17.1. The molecule has 1 aliphatic rings. The van der Waals surface area contributed by atoms with E-state index < -0.39 is 0 Å². The van der Waals surface area contributed by atoms with Crippen LogP contribution in [-0.2, 0) is 11.3 Å². The lowest BCUT2D eigenvalue weighted by Crippen LogP contribution is -2.43. The topological polar surface area (TPSA) is 67.3 Å². The Morgan fingerprint density at radius 3 is 2.70 bits per heavy atom. The van der Waals surface area contributed by atoms with Crippen LogP contribution >= 0.6 is 0 Å². The van der Waals surface area contributed by atoms with Crippen LogP contribution in [0.5, 0.6) is 5.75 Å². The molecular weight excluding hydrogens is 376 g/mol. The lowest BCUT2D eigenvalue weighted by molar-refractivity contribution is -0.125. The summed E-state index contributed by atoms with van der Waals surface area (Å²) in [5.41, 5.74) is 3.01. The third kappa shape index (κ3) is 4.76. The van der Waals surface area contributed by atoms with Crippen molar-refractivity contribution in [1.82, 2.24) is 15.3 Å². The highest BCUT2D eigenvalue weighted by molar-refractivity contribution is 5.79. The Labute approximate surface area is 176 Å². The maximum absolute atomic E-state index is 12.8. The van der Waals surface area contributed by atoms with Crippen LogP contribution in [0.15, 0.2) is 67.0 Å². The standard InChI is InChI=1S/C24H26N4O2/c1-30-21-11-9-18(10-12-21)15-25-24(29)20-8-5-13-28(16-20)23-14-22(26-17-27-23)19-6-3-2-4-7-19/h2-4,6-7,9-12,14,17,20H,5,8,13,15-16H2,1H3,(H,25,29). The van der Waals surface area contributed by atoms with E-state index in [9.17, 15) is 4.79 Å². The van der Waals surface area contributed by atoms with Gasteiger partial charge in [-0.15, -0.1) is 0 Å². The first-order valence-corrected chi connectivity index (χ1v) is 10.3. The van der Waals surface area contributed by atoms with Gasteiger partial charge in [-0.05, 0) is 30.5 Å². The number of hydrogen-bond acceptors (Lipinski definition) is 5. The molecule has 4 rings (SSSR count). The van der Waals surface area contributed by atoms with E-state index in [1.165, 1.54) is 0 Å². The maximum atomic E-state index is 12.8. The summed E-state index contributed by atoms with van der Waals surface area (Å²) >= 11 is 0. The molecule has 1 unspecified atom stereocenters. The van der Waals surface area contributed by atoms with Crippen molar-refractivity contribution < 1.29 is 9.53 Å². The molecular formula is C24H26N4O2. The zero-order chi connectivity index (χ0) is 20.8. The molecule has 1 aromatic heterocycles. The minimum Gasteiger partial charge on any atom is -0.497 e. The van der Waals surface area contributed by atoms with Crippen molar-refractivity contribution in [3.8, 4) is 17.0 Å². The molecule has 0 aliphatic carbocycles. The van der Waals surface area contributed by atoms with E-state index in [0.29, 0.717) is 13.1 Å². The summed E-state index contributed by atoms with van der Waals surface area (Å²) in [6.07, 6.45) is 3.46. The van der Waals surface area contributed by atoms with Crippen LogP contribution in [0.3, 0.4) is 0 Å². The molecule has 0 bridgehead atoms. The highest BCUT2D eigenvalue weighted by Crippen LogP contribution is 2.25. The van der Waals surface area contributed by atoms with E-state index in [-0.39, 0.29) is 11.8 Å². The minimum absolute atomic E-state index is 0.0489. The summed E-state index contributed by atoms with van der Waals surface area (Å²) in [4.78, 5) is 23.8. The first-order valence-electron chi connectivity index (χ1n) is 10.3. The largest absolute Gasteiger partial charge is 0.497 e. The number of benzene rings is 2. The van der Waals surface area contributed by atoms with Crippen molar-refractivity contribution >= 4 is 11.7 Å². The number of piperidine rings is 1. The third-order valence-electron chi connectivity index (χ3n) is 5.46. The Hall–Kier alpha value is -3.41. The second-order valence-electron chi connectivity index (χ2n) is 7.48. The quantitative estimate of drug-likeness (QED) is 0.681. The van der Waals surface area contributed by atoms with E-state index in [1.54, 1.807) is 13.4 Å². The lowest BCUT2D eigenvalue weighted by atomic mass is 9.97. The summed E-state index contributed by atoms with van der Waals surface area (Å²) in [6.45, 7) is 2.08. The fourth-order valence-corrected chi connectivity index (χ4v) is 3.76. The Morgan fingerprint density at radius 2 is 1.93 bits per heavy atom. The smallest absolute Gasteiger partial charge is 0.225 e. The Balaban J connectivity index is 1.38. The third-order valence-corrected chi connectivity index (χ3v) is 5.46. The van der Waals surface area contributed by atoms with Gasteiger partial charge < -0.3 is 15.0 Å². The van der Waals surface area contributed by atoms with Gasteiger partial charge in [0.2, 0.25) is 5.91 Å². The van der Waals surface area contributed by atoms with Crippen LogP contribution in [0.4, 0.5) is 5.82 Å². The molecule has 0 saturated carbocycles. The fraction of sp³-hybridized carbons (Fsp3) is 0.292. The summed E-state index contributed by atoms with van der Waals surface area (Å²) in [6, 6.07) is 19.8. The van der Waals surface area contributed by atoms with Gasteiger partial charge in [-0.1, -0.05) is 42.5 Å². The Kier molecular flexibility index (Phi) is 6.23. The second-order valence-corrected chi connectivity index (χ2v) is 7.48. The zero-order valence-corrected chi connectivity index (χ0v) is 17.1. The number of hydrogen-bond donors (Lipinski definition) is 1. The molecule has 154 valence electrons. The van der Waals surface area contributed by atoms with Gasteiger partial charge in [0, 0.05) is 31.3 Å². The summed E-state index contributed by atoms with van der Waals surface area (Å²) < 4.78 is 5.18. The van der Waals surface area contributed by atoms with Gasteiger partial charge >= 0.3 is 0 Å². The van der Waals surface area contributed by atoms with Gasteiger partial charge in [-0.3, -0.25) is 4.79 Å². The number of aromatic nitrogens is 2. The highest BCUT2D eigenvalue weighted by atomic mass is 16.5. The monoisotopic (exact) mass is 402 g/mol. The molecule has 2 heterocycles. The number of ether oxygens (including phenoxy) is 1. The van der Waals surface area contributed by atoms with Crippen LogP contribution in [0.2, 0.25) is 0 Å². The van der Waals surface area contributed by atoms with E-state index in [0.717, 1.165) is 47.8 Å². The summed E-state index contributed by atoms with van der Waals surface area (Å²) in [5, 5.41) is 3.08. The van der Waals surface area contributed by atoms with Gasteiger partial charge in [0.05, 0.1) is 18.7 Å². The molecule has 1 atom stereocenters. The van der Waals surface area contributed by atoms with E-state index in [4.69, 9.17) is 4.74 Å². The van der Waals surface area contributed by atoms with E-state index in [1.807, 2.05) is 60.7 Å². The molecule has 1 fully saturated rings. The lowest BCUT2D eigenvalue weighted by Gasteiger charge is -2.33. The average Bonchev–Trinajstić information content (AvgIpc) is 2.83. The SMILES string of the molecule is COc1ccc(CNC(=O)C2CCCN(c3cc(-c4ccccc4)ncn3)C2)cc1. The number of anilines is 1. The van der Waals surface area contributed by atoms with Crippen LogP contribution in [0, 0.1) is 5.92 Å². The first-order chi connectivity index (χ1) is 14.7. The van der Waals surface area contributed by atoms with Gasteiger partial charge in [0.15, 0.2) is 0 Å². The van der Waals surface area contributed by atoms with E-state index in [2.05, 4.69) is 20.2 Å². The molecule has 6 heteroatoms. The predicted octanol–water partition coefficient (Wildman–Crippen LogP) is 3.69. The Bertz CT molecular complexity index is 976. The molecule has 2 aromatic carbocycles. The summed E-state index contributed by atoms with van der Waals surface area (Å²) in [5.74, 6) is 1.73. The number of methoxy groups -OCH3 is 1. The first kappa shape index (κ1) is 19.9. The molecule has 1 N–H and O–H groups in total. The number of nitrogens with zero attached hydrogens (tertiary/aromatic N) is 3. The summed E-state index contributed by atoms with van der Waals surface area (Å²) in [7, 11) is 1.64. The Morgan fingerprint density at radius 1 is 1.13 bits per heavy atom. The maximum Gasteiger partial charge on any atom is 0.225 e. The fourth-order valence-electron chi connectivity index (χ4n) is 3.76. The van der Waals surface area contributed by atoms with Crippen LogP contribution in [0.1, 0.15) is 18.4 Å².